The summed E-state index contributed by atoms with van der Waals surface area (Å²) >= 11 is 11.8. The van der Waals surface area contributed by atoms with Crippen LogP contribution in [0.3, 0.4) is 0 Å². The molecule has 1 aromatic carbocycles. The Kier molecular flexibility index (Phi) is 5.46. The molecule has 1 aromatic rings. The largest absolute Gasteiger partial charge is 0.397 e. The van der Waals surface area contributed by atoms with E-state index in [1.165, 1.54) is 12.1 Å². The highest BCUT2D eigenvalue weighted by atomic mass is 35.5. The first-order valence-corrected chi connectivity index (χ1v) is 6.56. The number of halogens is 2. The molecule has 4 nitrogen and oxygen atoms in total. The molecule has 0 saturated heterocycles. The Balaban J connectivity index is 3.07. The van der Waals surface area contributed by atoms with Crippen molar-refractivity contribution in [1.29, 1.82) is 5.26 Å². The van der Waals surface area contributed by atoms with Crippen LogP contribution in [0.4, 0.5) is 5.69 Å². The van der Waals surface area contributed by atoms with Crippen LogP contribution in [0.1, 0.15) is 30.6 Å². The molecule has 0 aliphatic heterocycles. The maximum atomic E-state index is 12.4. The molecular formula is C13H15Cl2N3O. The molecule has 19 heavy (non-hydrogen) atoms. The number of nitrogen functional groups attached to an aromatic ring is 1. The third-order valence-electron chi connectivity index (χ3n) is 2.65. The fraction of sp³-hybridized carbons (Fsp3) is 0.385. The first-order chi connectivity index (χ1) is 8.88. The van der Waals surface area contributed by atoms with Gasteiger partial charge in [0.1, 0.15) is 0 Å². The summed E-state index contributed by atoms with van der Waals surface area (Å²) in [7, 11) is 0. The van der Waals surface area contributed by atoms with Crippen LogP contribution < -0.4 is 5.73 Å². The lowest BCUT2D eigenvalue weighted by molar-refractivity contribution is 0.0710. The van der Waals surface area contributed by atoms with Gasteiger partial charge in [-0.15, -0.1) is 0 Å². The molecule has 6 heteroatoms. The Morgan fingerprint density at radius 1 is 1.47 bits per heavy atom. The summed E-state index contributed by atoms with van der Waals surface area (Å²) in [6.45, 7) is 4.14. The van der Waals surface area contributed by atoms with Gasteiger partial charge in [0.05, 0.1) is 28.2 Å². The van der Waals surface area contributed by atoms with Crippen molar-refractivity contribution in [2.75, 3.05) is 12.3 Å². The van der Waals surface area contributed by atoms with Crippen LogP contribution in [0.2, 0.25) is 10.0 Å². The average molecular weight is 300 g/mol. The number of rotatable bonds is 4. The van der Waals surface area contributed by atoms with Crippen LogP contribution in [0, 0.1) is 11.3 Å². The lowest BCUT2D eigenvalue weighted by Gasteiger charge is -2.26. The lowest BCUT2D eigenvalue weighted by atomic mass is 10.1. The Hall–Kier alpha value is -1.44. The molecule has 0 atom stereocenters. The van der Waals surface area contributed by atoms with Crippen molar-refractivity contribution in [1.82, 2.24) is 4.90 Å². The van der Waals surface area contributed by atoms with E-state index < -0.39 is 0 Å². The van der Waals surface area contributed by atoms with Gasteiger partial charge in [0.2, 0.25) is 0 Å². The quantitative estimate of drug-likeness (QED) is 0.867. The standard InChI is InChI=1S/C13H15Cl2N3O/c1-8(2)18(5-3-4-16)13(19)9-6-10(14)12(15)11(17)7-9/h6-8H,3,5,17H2,1-2H3. The van der Waals surface area contributed by atoms with Crippen molar-refractivity contribution < 1.29 is 4.79 Å². The number of hydrogen-bond acceptors (Lipinski definition) is 3. The van der Waals surface area contributed by atoms with Gasteiger partial charge >= 0.3 is 0 Å². The summed E-state index contributed by atoms with van der Waals surface area (Å²) in [4.78, 5) is 14.0. The van der Waals surface area contributed by atoms with Gasteiger partial charge in [-0.25, -0.2) is 0 Å². The predicted molar refractivity (Wildman–Crippen MR) is 77.3 cm³/mol. The molecule has 2 N–H and O–H groups in total. The van der Waals surface area contributed by atoms with Gasteiger partial charge in [-0.05, 0) is 26.0 Å². The van der Waals surface area contributed by atoms with Crippen molar-refractivity contribution in [3.63, 3.8) is 0 Å². The molecule has 0 unspecified atom stereocenters. The molecule has 0 aliphatic carbocycles. The minimum absolute atomic E-state index is 0.0171. The van der Waals surface area contributed by atoms with E-state index in [1.54, 1.807) is 4.90 Å². The number of amides is 1. The number of nitrogens with two attached hydrogens (primary N) is 1. The first-order valence-electron chi connectivity index (χ1n) is 5.81. The maximum absolute atomic E-state index is 12.4. The zero-order valence-electron chi connectivity index (χ0n) is 10.8. The van der Waals surface area contributed by atoms with E-state index in [0.717, 1.165) is 0 Å². The second kappa shape index (κ2) is 6.65. The number of benzene rings is 1. The average Bonchev–Trinajstić information content (AvgIpc) is 2.35. The SMILES string of the molecule is CC(C)N(CCC#N)C(=O)c1cc(N)c(Cl)c(Cl)c1. The fourth-order valence-electron chi connectivity index (χ4n) is 1.66. The monoisotopic (exact) mass is 299 g/mol. The van der Waals surface area contributed by atoms with Crippen molar-refractivity contribution in [2.24, 2.45) is 0 Å². The number of nitrogens with zero attached hydrogens (tertiary/aromatic N) is 2. The molecule has 0 heterocycles. The maximum Gasteiger partial charge on any atom is 0.254 e. The summed E-state index contributed by atoms with van der Waals surface area (Å²) in [5, 5.41) is 9.11. The zero-order valence-corrected chi connectivity index (χ0v) is 12.3. The first kappa shape index (κ1) is 15.6. The van der Waals surface area contributed by atoms with Crippen molar-refractivity contribution in [3.8, 4) is 6.07 Å². The van der Waals surface area contributed by atoms with Gasteiger partial charge in [-0.2, -0.15) is 5.26 Å². The van der Waals surface area contributed by atoms with E-state index in [2.05, 4.69) is 0 Å². The second-order valence-electron chi connectivity index (χ2n) is 4.36. The fourth-order valence-corrected chi connectivity index (χ4v) is 2.00. The normalized spacial score (nSPS) is 10.3. The van der Waals surface area contributed by atoms with Crippen molar-refractivity contribution in [2.45, 2.75) is 26.3 Å². The summed E-state index contributed by atoms with van der Waals surface area (Å²) in [6.07, 6.45) is 0.278. The molecule has 0 spiro atoms. The lowest BCUT2D eigenvalue weighted by Crippen LogP contribution is -2.37. The van der Waals surface area contributed by atoms with E-state index in [-0.39, 0.29) is 34.1 Å². The molecule has 1 rings (SSSR count). The Morgan fingerprint density at radius 2 is 2.11 bits per heavy atom. The van der Waals surface area contributed by atoms with E-state index in [1.807, 2.05) is 19.9 Å². The van der Waals surface area contributed by atoms with E-state index in [9.17, 15) is 4.79 Å². The van der Waals surface area contributed by atoms with Crippen LogP contribution in [-0.4, -0.2) is 23.4 Å². The molecule has 102 valence electrons. The summed E-state index contributed by atoms with van der Waals surface area (Å²) in [5.74, 6) is -0.212. The molecule has 0 saturated carbocycles. The Labute approximate surface area is 122 Å². The molecule has 0 bridgehead atoms. The van der Waals surface area contributed by atoms with Crippen LogP contribution >= 0.6 is 23.2 Å². The zero-order chi connectivity index (χ0) is 14.6. The highest BCUT2D eigenvalue weighted by Gasteiger charge is 2.20. The number of carbonyl (C=O) groups excluding carboxylic acids is 1. The second-order valence-corrected chi connectivity index (χ2v) is 5.15. The van der Waals surface area contributed by atoms with Crippen LogP contribution in [-0.2, 0) is 0 Å². The molecule has 0 radical (unpaired) electrons. The third-order valence-corrected chi connectivity index (χ3v) is 3.47. The minimum atomic E-state index is -0.212. The molecular weight excluding hydrogens is 285 g/mol. The van der Waals surface area contributed by atoms with Crippen molar-refractivity contribution >= 4 is 34.8 Å². The van der Waals surface area contributed by atoms with E-state index in [0.29, 0.717) is 12.1 Å². The molecule has 0 fully saturated rings. The van der Waals surface area contributed by atoms with E-state index in [4.69, 9.17) is 34.2 Å². The third kappa shape index (κ3) is 3.76. The van der Waals surface area contributed by atoms with Crippen LogP contribution in [0.15, 0.2) is 12.1 Å². The number of anilines is 1. The Morgan fingerprint density at radius 3 is 2.58 bits per heavy atom. The molecule has 1 amide bonds. The van der Waals surface area contributed by atoms with Gasteiger partial charge < -0.3 is 10.6 Å². The Bertz CT molecular complexity index is 500. The topological polar surface area (TPSA) is 70.1 Å². The molecule has 0 aromatic heterocycles. The number of carbonyl (C=O) groups is 1. The van der Waals surface area contributed by atoms with Crippen LogP contribution in [0.25, 0.3) is 0 Å². The van der Waals surface area contributed by atoms with Gasteiger partial charge in [0.25, 0.3) is 5.91 Å². The number of nitriles is 1. The highest BCUT2D eigenvalue weighted by molar-refractivity contribution is 6.43. The summed E-state index contributed by atoms with van der Waals surface area (Å²) in [5.41, 5.74) is 6.34. The highest BCUT2D eigenvalue weighted by Crippen LogP contribution is 2.30. The van der Waals surface area contributed by atoms with Gasteiger partial charge in [-0.1, -0.05) is 23.2 Å². The van der Waals surface area contributed by atoms with E-state index >= 15 is 0 Å². The molecule has 0 aliphatic rings. The minimum Gasteiger partial charge on any atom is -0.397 e. The summed E-state index contributed by atoms with van der Waals surface area (Å²) in [6, 6.07) is 5.00. The van der Waals surface area contributed by atoms with Gasteiger partial charge in [-0.3, -0.25) is 4.79 Å². The smallest absolute Gasteiger partial charge is 0.254 e. The van der Waals surface area contributed by atoms with Gasteiger partial charge in [0, 0.05) is 18.2 Å². The van der Waals surface area contributed by atoms with Crippen molar-refractivity contribution in [3.05, 3.63) is 27.7 Å². The van der Waals surface area contributed by atoms with Gasteiger partial charge in [0.15, 0.2) is 0 Å². The van der Waals surface area contributed by atoms with Crippen LogP contribution in [0.5, 0.6) is 0 Å². The number of hydrogen-bond donors (Lipinski definition) is 1. The predicted octanol–water partition coefficient (Wildman–Crippen LogP) is 3.34. The summed E-state index contributed by atoms with van der Waals surface area (Å²) < 4.78 is 0.